The van der Waals surface area contributed by atoms with Crippen molar-refractivity contribution in [2.24, 2.45) is 0 Å². The van der Waals surface area contributed by atoms with Crippen LogP contribution in [0.5, 0.6) is 11.5 Å². The summed E-state index contributed by atoms with van der Waals surface area (Å²) in [5.74, 6) is 0.803. The van der Waals surface area contributed by atoms with Gasteiger partial charge >= 0.3 is 0 Å². The van der Waals surface area contributed by atoms with Crippen molar-refractivity contribution in [2.45, 2.75) is 20.5 Å². The van der Waals surface area contributed by atoms with Crippen LogP contribution in [-0.4, -0.2) is 67.0 Å². The Morgan fingerprint density at radius 2 is 1.68 bits per heavy atom. The topological polar surface area (TPSA) is 118 Å². The third kappa shape index (κ3) is 7.80. The van der Waals surface area contributed by atoms with E-state index >= 15 is 0 Å². The van der Waals surface area contributed by atoms with Gasteiger partial charge in [0.05, 0.1) is 24.5 Å². The fourth-order valence-corrected chi connectivity index (χ4v) is 3.85. The Hall–Kier alpha value is -3.89. The lowest BCUT2D eigenvalue weighted by atomic mass is 10.1. The van der Waals surface area contributed by atoms with Crippen molar-refractivity contribution in [3.05, 3.63) is 70.5 Å². The van der Waals surface area contributed by atoms with Gasteiger partial charge in [0.15, 0.2) is 5.75 Å². The first kappa shape index (κ1) is 28.7. The molecule has 2 amide bonds. The summed E-state index contributed by atoms with van der Waals surface area (Å²) in [4.78, 5) is 35.2. The molecule has 2 aromatic carbocycles. The summed E-state index contributed by atoms with van der Waals surface area (Å²) in [7, 11) is 3.03. The van der Waals surface area contributed by atoms with Crippen LogP contribution in [0.1, 0.15) is 40.1 Å². The van der Waals surface area contributed by atoms with Crippen LogP contribution in [0.3, 0.4) is 0 Å². The number of halogens is 1. The molecule has 0 aliphatic carbocycles. The SMILES string of the molecule is CCN(CC)CCNC(=O)c1ccc(Nc2ncc(OCc3cc(C(=O)NC)cc(OC)c3Cl)cn2)cc1. The number of likely N-dealkylation sites (N-methyl/N-ethyl adjacent to an activating group) is 1. The van der Waals surface area contributed by atoms with Gasteiger partial charge in [0.2, 0.25) is 5.95 Å². The quantitative estimate of drug-likeness (QED) is 0.299. The zero-order valence-corrected chi connectivity index (χ0v) is 22.8. The van der Waals surface area contributed by atoms with E-state index in [9.17, 15) is 9.59 Å². The number of methoxy groups -OCH3 is 1. The molecule has 11 heteroatoms. The van der Waals surface area contributed by atoms with E-state index in [1.54, 1.807) is 43.4 Å². The van der Waals surface area contributed by atoms with Crippen LogP contribution in [0.15, 0.2) is 48.8 Å². The van der Waals surface area contributed by atoms with Crippen LogP contribution in [0.4, 0.5) is 11.6 Å². The minimum absolute atomic E-state index is 0.0919. The summed E-state index contributed by atoms with van der Waals surface area (Å²) in [6.45, 7) is 7.63. The molecule has 0 spiro atoms. The summed E-state index contributed by atoms with van der Waals surface area (Å²) in [6, 6.07) is 10.3. The minimum atomic E-state index is -0.260. The maximum Gasteiger partial charge on any atom is 0.251 e. The molecule has 0 aliphatic heterocycles. The fourth-order valence-electron chi connectivity index (χ4n) is 3.60. The zero-order valence-electron chi connectivity index (χ0n) is 22.0. The number of nitrogens with one attached hydrogen (secondary N) is 3. The fraction of sp³-hybridized carbons (Fsp3) is 0.333. The molecule has 0 unspecified atom stereocenters. The average Bonchev–Trinajstić information content (AvgIpc) is 2.95. The number of nitrogens with zero attached hydrogens (tertiary/aromatic N) is 3. The van der Waals surface area contributed by atoms with Crippen LogP contribution < -0.4 is 25.4 Å². The predicted octanol–water partition coefficient (Wildman–Crippen LogP) is 3.89. The van der Waals surface area contributed by atoms with Crippen LogP contribution >= 0.6 is 11.6 Å². The Balaban J connectivity index is 1.55. The molecule has 0 atom stereocenters. The number of amides is 2. The first-order valence-electron chi connectivity index (χ1n) is 12.3. The number of anilines is 2. The normalized spacial score (nSPS) is 10.7. The lowest BCUT2D eigenvalue weighted by Crippen LogP contribution is -2.34. The Labute approximate surface area is 227 Å². The van der Waals surface area contributed by atoms with Crippen molar-refractivity contribution in [3.8, 4) is 11.5 Å². The number of carbonyl (C=O) groups is 2. The van der Waals surface area contributed by atoms with Gasteiger partial charge in [-0.3, -0.25) is 9.59 Å². The summed E-state index contributed by atoms with van der Waals surface area (Å²) in [6.07, 6.45) is 3.06. The Morgan fingerprint density at radius 1 is 1.00 bits per heavy atom. The zero-order chi connectivity index (χ0) is 27.5. The molecule has 202 valence electrons. The van der Waals surface area contributed by atoms with Crippen molar-refractivity contribution in [2.75, 3.05) is 45.7 Å². The van der Waals surface area contributed by atoms with E-state index in [0.717, 1.165) is 25.3 Å². The van der Waals surface area contributed by atoms with E-state index in [1.807, 2.05) is 0 Å². The highest BCUT2D eigenvalue weighted by Gasteiger charge is 2.14. The number of carbonyl (C=O) groups excluding carboxylic acids is 2. The number of aromatic nitrogens is 2. The number of hydrogen-bond donors (Lipinski definition) is 3. The molecule has 3 N–H and O–H groups in total. The molecular weight excluding hydrogens is 508 g/mol. The maximum atomic E-state index is 12.4. The molecule has 0 bridgehead atoms. The molecule has 0 saturated heterocycles. The van der Waals surface area contributed by atoms with Gasteiger partial charge in [0.1, 0.15) is 12.4 Å². The standard InChI is InChI=1S/C27H33ClN6O4/c1-5-34(6-2)12-11-30-26(36)18-7-9-21(10-8-18)33-27-31-15-22(16-32-27)38-17-20-13-19(25(35)29-3)14-23(37-4)24(20)28/h7-10,13-16H,5-6,11-12,17H2,1-4H3,(H,29,35)(H,30,36)(H,31,32,33). The monoisotopic (exact) mass is 540 g/mol. The summed E-state index contributed by atoms with van der Waals surface area (Å²) < 4.78 is 11.1. The van der Waals surface area contributed by atoms with E-state index in [-0.39, 0.29) is 18.4 Å². The van der Waals surface area contributed by atoms with Crippen molar-refractivity contribution in [1.29, 1.82) is 0 Å². The third-order valence-electron chi connectivity index (χ3n) is 5.86. The molecule has 38 heavy (non-hydrogen) atoms. The molecule has 1 heterocycles. The van der Waals surface area contributed by atoms with Crippen molar-refractivity contribution in [1.82, 2.24) is 25.5 Å². The molecule has 0 aliphatic rings. The van der Waals surface area contributed by atoms with E-state index in [1.165, 1.54) is 19.5 Å². The largest absolute Gasteiger partial charge is 0.495 e. The third-order valence-corrected chi connectivity index (χ3v) is 6.29. The second kappa shape index (κ2) is 14.2. The molecule has 3 aromatic rings. The summed E-state index contributed by atoms with van der Waals surface area (Å²) in [5.41, 5.74) is 2.31. The molecular formula is C27H33ClN6O4. The molecule has 1 aromatic heterocycles. The minimum Gasteiger partial charge on any atom is -0.495 e. The highest BCUT2D eigenvalue weighted by atomic mass is 35.5. The number of ether oxygens (including phenoxy) is 2. The summed E-state index contributed by atoms with van der Waals surface area (Å²) >= 11 is 6.39. The second-order valence-electron chi connectivity index (χ2n) is 8.25. The molecule has 3 rings (SSSR count). The van der Waals surface area contributed by atoms with Gasteiger partial charge in [-0.25, -0.2) is 9.97 Å². The van der Waals surface area contributed by atoms with Gasteiger partial charge in [-0.15, -0.1) is 0 Å². The van der Waals surface area contributed by atoms with Crippen LogP contribution in [0.2, 0.25) is 5.02 Å². The van der Waals surface area contributed by atoms with Gasteiger partial charge in [-0.2, -0.15) is 0 Å². The Morgan fingerprint density at radius 3 is 2.29 bits per heavy atom. The Kier molecular flexibility index (Phi) is 10.7. The lowest BCUT2D eigenvalue weighted by molar-refractivity contribution is 0.0945. The number of benzene rings is 2. The summed E-state index contributed by atoms with van der Waals surface area (Å²) in [5, 5.41) is 8.98. The van der Waals surface area contributed by atoms with E-state index in [2.05, 4.69) is 44.7 Å². The first-order chi connectivity index (χ1) is 18.4. The second-order valence-corrected chi connectivity index (χ2v) is 8.62. The number of rotatable bonds is 13. The predicted molar refractivity (Wildman–Crippen MR) is 148 cm³/mol. The molecule has 0 fully saturated rings. The van der Waals surface area contributed by atoms with E-state index < -0.39 is 0 Å². The van der Waals surface area contributed by atoms with Crippen LogP contribution in [0, 0.1) is 0 Å². The highest BCUT2D eigenvalue weighted by Crippen LogP contribution is 2.31. The van der Waals surface area contributed by atoms with Gasteiger partial charge in [0, 0.05) is 42.5 Å². The average molecular weight is 541 g/mol. The van der Waals surface area contributed by atoms with Gasteiger partial charge in [-0.1, -0.05) is 25.4 Å². The van der Waals surface area contributed by atoms with Crippen molar-refractivity contribution < 1.29 is 19.1 Å². The maximum absolute atomic E-state index is 12.4. The van der Waals surface area contributed by atoms with Gasteiger partial charge in [0.25, 0.3) is 11.8 Å². The van der Waals surface area contributed by atoms with Gasteiger partial charge in [-0.05, 0) is 49.5 Å². The van der Waals surface area contributed by atoms with Crippen LogP contribution in [-0.2, 0) is 6.61 Å². The highest BCUT2D eigenvalue weighted by molar-refractivity contribution is 6.33. The van der Waals surface area contributed by atoms with Crippen LogP contribution in [0.25, 0.3) is 0 Å². The van der Waals surface area contributed by atoms with Crippen molar-refractivity contribution >= 4 is 35.1 Å². The van der Waals surface area contributed by atoms with E-state index in [4.69, 9.17) is 21.1 Å². The molecule has 0 radical (unpaired) electrons. The van der Waals surface area contributed by atoms with Gasteiger partial charge < -0.3 is 30.3 Å². The van der Waals surface area contributed by atoms with Crippen molar-refractivity contribution in [3.63, 3.8) is 0 Å². The van der Waals surface area contributed by atoms with E-state index in [0.29, 0.717) is 45.7 Å². The first-order valence-corrected chi connectivity index (χ1v) is 12.7. The number of hydrogen-bond acceptors (Lipinski definition) is 8. The lowest BCUT2D eigenvalue weighted by Gasteiger charge is -2.18. The Bertz CT molecular complexity index is 1220. The molecule has 10 nitrogen and oxygen atoms in total. The smallest absolute Gasteiger partial charge is 0.251 e. The molecule has 0 saturated carbocycles.